The SMILES string of the molecule is COC1C[C@H](C)OC[C@@H]1OC. The van der Waals surface area contributed by atoms with Crippen LogP contribution in [0.15, 0.2) is 0 Å². The Balaban J connectivity index is 2.41. The highest BCUT2D eigenvalue weighted by molar-refractivity contribution is 4.77. The molecule has 1 saturated heterocycles. The Morgan fingerprint density at radius 2 is 1.82 bits per heavy atom. The molecule has 3 atom stereocenters. The molecule has 3 nitrogen and oxygen atoms in total. The first-order valence-electron chi connectivity index (χ1n) is 3.95. The molecule has 1 aliphatic heterocycles. The lowest BCUT2D eigenvalue weighted by Crippen LogP contribution is -2.42. The highest BCUT2D eigenvalue weighted by atomic mass is 16.6. The van der Waals surface area contributed by atoms with Crippen LogP contribution in [-0.4, -0.2) is 39.1 Å². The lowest BCUT2D eigenvalue weighted by molar-refractivity contribution is -0.139. The molecule has 0 aromatic heterocycles. The summed E-state index contributed by atoms with van der Waals surface area (Å²) in [6.07, 6.45) is 1.53. The van der Waals surface area contributed by atoms with Crippen molar-refractivity contribution in [1.82, 2.24) is 0 Å². The Hall–Kier alpha value is -0.120. The monoisotopic (exact) mass is 160 g/mol. The summed E-state index contributed by atoms with van der Waals surface area (Å²) < 4.78 is 15.9. The van der Waals surface area contributed by atoms with Crippen molar-refractivity contribution < 1.29 is 14.2 Å². The highest BCUT2D eigenvalue weighted by Gasteiger charge is 2.28. The van der Waals surface area contributed by atoms with Gasteiger partial charge in [0.2, 0.25) is 0 Å². The fourth-order valence-corrected chi connectivity index (χ4v) is 1.38. The van der Waals surface area contributed by atoms with E-state index >= 15 is 0 Å². The summed E-state index contributed by atoms with van der Waals surface area (Å²) in [4.78, 5) is 0. The Bertz CT molecular complexity index is 116. The van der Waals surface area contributed by atoms with E-state index in [-0.39, 0.29) is 12.2 Å². The third-order valence-corrected chi connectivity index (χ3v) is 2.13. The van der Waals surface area contributed by atoms with Crippen molar-refractivity contribution in [3.8, 4) is 0 Å². The molecule has 0 spiro atoms. The molecule has 0 aliphatic carbocycles. The molecule has 0 saturated carbocycles. The Kier molecular flexibility index (Phi) is 3.30. The molecule has 0 bridgehead atoms. The van der Waals surface area contributed by atoms with E-state index in [9.17, 15) is 0 Å². The maximum absolute atomic E-state index is 5.41. The summed E-state index contributed by atoms with van der Waals surface area (Å²) in [5, 5.41) is 0. The molecule has 0 aromatic carbocycles. The second-order valence-corrected chi connectivity index (χ2v) is 2.93. The molecule has 1 rings (SSSR count). The van der Waals surface area contributed by atoms with Gasteiger partial charge in [0.1, 0.15) is 6.10 Å². The van der Waals surface area contributed by atoms with Crippen LogP contribution >= 0.6 is 0 Å². The molecule has 66 valence electrons. The summed E-state index contributed by atoms with van der Waals surface area (Å²) >= 11 is 0. The Morgan fingerprint density at radius 3 is 2.36 bits per heavy atom. The predicted molar refractivity (Wildman–Crippen MR) is 41.6 cm³/mol. The van der Waals surface area contributed by atoms with Gasteiger partial charge < -0.3 is 14.2 Å². The van der Waals surface area contributed by atoms with Crippen LogP contribution in [-0.2, 0) is 14.2 Å². The van der Waals surface area contributed by atoms with Crippen LogP contribution in [0.5, 0.6) is 0 Å². The molecule has 0 amide bonds. The molecule has 1 heterocycles. The topological polar surface area (TPSA) is 27.7 Å². The zero-order valence-corrected chi connectivity index (χ0v) is 7.37. The molecule has 0 aromatic rings. The third-order valence-electron chi connectivity index (χ3n) is 2.13. The summed E-state index contributed by atoms with van der Waals surface area (Å²) in [5.74, 6) is 0. The van der Waals surface area contributed by atoms with E-state index in [0.29, 0.717) is 12.7 Å². The lowest BCUT2D eigenvalue weighted by Gasteiger charge is -2.32. The van der Waals surface area contributed by atoms with E-state index < -0.39 is 0 Å². The average Bonchev–Trinajstić information content (AvgIpc) is 2.04. The van der Waals surface area contributed by atoms with Crippen molar-refractivity contribution in [2.45, 2.75) is 31.7 Å². The van der Waals surface area contributed by atoms with Gasteiger partial charge in [0.25, 0.3) is 0 Å². The van der Waals surface area contributed by atoms with Crippen molar-refractivity contribution in [2.24, 2.45) is 0 Å². The van der Waals surface area contributed by atoms with E-state index in [1.165, 1.54) is 0 Å². The minimum Gasteiger partial charge on any atom is -0.379 e. The van der Waals surface area contributed by atoms with Crippen molar-refractivity contribution in [3.05, 3.63) is 0 Å². The largest absolute Gasteiger partial charge is 0.379 e. The van der Waals surface area contributed by atoms with Crippen LogP contribution in [0.1, 0.15) is 13.3 Å². The molecular formula is C8H16O3. The summed E-state index contributed by atoms with van der Waals surface area (Å²) in [6, 6.07) is 0. The van der Waals surface area contributed by atoms with Gasteiger partial charge in [0, 0.05) is 20.6 Å². The van der Waals surface area contributed by atoms with Crippen LogP contribution in [0.4, 0.5) is 0 Å². The molecule has 1 unspecified atom stereocenters. The van der Waals surface area contributed by atoms with E-state index in [1.807, 2.05) is 0 Å². The maximum atomic E-state index is 5.41. The smallest absolute Gasteiger partial charge is 0.107 e. The van der Waals surface area contributed by atoms with Gasteiger partial charge in [-0.1, -0.05) is 0 Å². The number of hydrogen-bond acceptors (Lipinski definition) is 3. The first-order chi connectivity index (χ1) is 5.27. The molecule has 1 aliphatic rings. The summed E-state index contributed by atoms with van der Waals surface area (Å²) in [5.41, 5.74) is 0. The molecule has 0 N–H and O–H groups in total. The normalized spacial score (nSPS) is 39.0. The Morgan fingerprint density at radius 1 is 1.18 bits per heavy atom. The molecule has 1 fully saturated rings. The first-order valence-corrected chi connectivity index (χ1v) is 3.95. The van der Waals surface area contributed by atoms with Gasteiger partial charge in [0.05, 0.1) is 18.8 Å². The van der Waals surface area contributed by atoms with Gasteiger partial charge in [-0.2, -0.15) is 0 Å². The van der Waals surface area contributed by atoms with Crippen molar-refractivity contribution in [1.29, 1.82) is 0 Å². The van der Waals surface area contributed by atoms with E-state index in [2.05, 4.69) is 6.92 Å². The van der Waals surface area contributed by atoms with Crippen LogP contribution in [0.25, 0.3) is 0 Å². The molecule has 11 heavy (non-hydrogen) atoms. The van der Waals surface area contributed by atoms with Crippen molar-refractivity contribution in [2.75, 3.05) is 20.8 Å². The van der Waals surface area contributed by atoms with Gasteiger partial charge >= 0.3 is 0 Å². The van der Waals surface area contributed by atoms with E-state index in [4.69, 9.17) is 14.2 Å². The van der Waals surface area contributed by atoms with Gasteiger partial charge in [-0.15, -0.1) is 0 Å². The van der Waals surface area contributed by atoms with Gasteiger partial charge in [0.15, 0.2) is 0 Å². The number of ether oxygens (including phenoxy) is 3. The van der Waals surface area contributed by atoms with E-state index in [1.54, 1.807) is 14.2 Å². The maximum Gasteiger partial charge on any atom is 0.107 e. The van der Waals surface area contributed by atoms with Crippen LogP contribution in [0.2, 0.25) is 0 Å². The van der Waals surface area contributed by atoms with Crippen LogP contribution in [0, 0.1) is 0 Å². The number of methoxy groups -OCH3 is 2. The van der Waals surface area contributed by atoms with Crippen LogP contribution < -0.4 is 0 Å². The molecule has 0 radical (unpaired) electrons. The first kappa shape index (κ1) is 8.97. The number of hydrogen-bond donors (Lipinski definition) is 0. The number of rotatable bonds is 2. The Labute approximate surface area is 67.6 Å². The standard InChI is InChI=1S/C8H16O3/c1-6-4-7(9-2)8(10-3)5-11-6/h6-8H,4-5H2,1-3H3/t6-,7?,8-/m0/s1. The summed E-state index contributed by atoms with van der Waals surface area (Å²) in [6.45, 7) is 2.70. The summed E-state index contributed by atoms with van der Waals surface area (Å²) in [7, 11) is 3.41. The van der Waals surface area contributed by atoms with Crippen molar-refractivity contribution >= 4 is 0 Å². The van der Waals surface area contributed by atoms with Gasteiger partial charge in [-0.3, -0.25) is 0 Å². The fraction of sp³-hybridized carbons (Fsp3) is 1.00. The van der Waals surface area contributed by atoms with Gasteiger partial charge in [-0.25, -0.2) is 0 Å². The zero-order chi connectivity index (χ0) is 8.27. The highest BCUT2D eigenvalue weighted by Crippen LogP contribution is 2.18. The van der Waals surface area contributed by atoms with E-state index in [0.717, 1.165) is 6.42 Å². The predicted octanol–water partition coefficient (Wildman–Crippen LogP) is 0.825. The quantitative estimate of drug-likeness (QED) is 0.598. The minimum atomic E-state index is 0.108. The second-order valence-electron chi connectivity index (χ2n) is 2.93. The van der Waals surface area contributed by atoms with Crippen molar-refractivity contribution in [3.63, 3.8) is 0 Å². The lowest BCUT2D eigenvalue weighted by atomic mass is 10.0. The van der Waals surface area contributed by atoms with Crippen LogP contribution in [0.3, 0.4) is 0 Å². The molecular weight excluding hydrogens is 144 g/mol. The fourth-order valence-electron chi connectivity index (χ4n) is 1.38. The minimum absolute atomic E-state index is 0.108. The zero-order valence-electron chi connectivity index (χ0n) is 7.37. The second kappa shape index (κ2) is 4.04. The van der Waals surface area contributed by atoms with Gasteiger partial charge in [-0.05, 0) is 6.92 Å². The third kappa shape index (κ3) is 2.15. The molecule has 3 heteroatoms. The average molecular weight is 160 g/mol.